The Kier molecular flexibility index (Phi) is 4.06. The quantitative estimate of drug-likeness (QED) is 0.871. The fourth-order valence-electron chi connectivity index (χ4n) is 1.83. The predicted octanol–water partition coefficient (Wildman–Crippen LogP) is 2.49. The minimum absolute atomic E-state index is 0.242. The van der Waals surface area contributed by atoms with Gasteiger partial charge in [0, 0.05) is 19.8 Å². The normalized spacial score (nSPS) is 10.2. The highest BCUT2D eigenvalue weighted by Gasteiger charge is 2.08. The Labute approximate surface area is 116 Å². The number of nitrogens with two attached hydrogens (primary N) is 1. The highest BCUT2D eigenvalue weighted by Crippen LogP contribution is 2.19. The van der Waals surface area contributed by atoms with Crippen molar-refractivity contribution in [2.24, 2.45) is 5.73 Å². The highest BCUT2D eigenvalue weighted by molar-refractivity contribution is 7.80. The Morgan fingerprint density at radius 2 is 2.11 bits per heavy atom. The van der Waals surface area contributed by atoms with Crippen LogP contribution in [0.5, 0.6) is 0 Å². The van der Waals surface area contributed by atoms with Crippen molar-refractivity contribution in [3.63, 3.8) is 0 Å². The van der Waals surface area contributed by atoms with Crippen molar-refractivity contribution in [2.45, 2.75) is 6.54 Å². The van der Waals surface area contributed by atoms with Gasteiger partial charge < -0.3 is 10.6 Å². The van der Waals surface area contributed by atoms with Crippen molar-refractivity contribution in [2.75, 3.05) is 11.9 Å². The molecule has 1 aromatic carbocycles. The van der Waals surface area contributed by atoms with Crippen LogP contribution in [0.3, 0.4) is 0 Å². The number of benzene rings is 1. The molecule has 5 heteroatoms. The van der Waals surface area contributed by atoms with Gasteiger partial charge >= 0.3 is 0 Å². The summed E-state index contributed by atoms with van der Waals surface area (Å²) in [6, 6.07) is 10.3. The Morgan fingerprint density at radius 3 is 2.79 bits per heavy atom. The average Bonchev–Trinajstić information content (AvgIpc) is 2.39. The van der Waals surface area contributed by atoms with E-state index in [-0.39, 0.29) is 10.8 Å². The molecule has 0 bridgehead atoms. The van der Waals surface area contributed by atoms with Crippen LogP contribution in [0.15, 0.2) is 42.6 Å². The highest BCUT2D eigenvalue weighted by atomic mass is 32.1. The van der Waals surface area contributed by atoms with Crippen molar-refractivity contribution in [1.29, 1.82) is 0 Å². The van der Waals surface area contributed by atoms with Crippen LogP contribution in [0.2, 0.25) is 0 Å². The van der Waals surface area contributed by atoms with E-state index in [1.807, 2.05) is 30.1 Å². The van der Waals surface area contributed by atoms with E-state index in [9.17, 15) is 4.39 Å². The second-order valence-electron chi connectivity index (χ2n) is 4.22. The summed E-state index contributed by atoms with van der Waals surface area (Å²) >= 11 is 4.89. The van der Waals surface area contributed by atoms with E-state index in [2.05, 4.69) is 4.98 Å². The monoisotopic (exact) mass is 275 g/mol. The molecule has 0 fully saturated rings. The summed E-state index contributed by atoms with van der Waals surface area (Å²) in [5.74, 6) is -0.242. The van der Waals surface area contributed by atoms with Gasteiger partial charge in [-0.15, -0.1) is 0 Å². The number of rotatable bonds is 4. The summed E-state index contributed by atoms with van der Waals surface area (Å²) in [5, 5.41) is 0. The zero-order valence-electron chi connectivity index (χ0n) is 10.5. The number of para-hydroxylation sites is 1. The van der Waals surface area contributed by atoms with Crippen LogP contribution in [0.25, 0.3) is 0 Å². The third kappa shape index (κ3) is 3.26. The minimum atomic E-state index is -0.242. The van der Waals surface area contributed by atoms with Gasteiger partial charge in [0.15, 0.2) is 0 Å². The average molecular weight is 275 g/mol. The number of aromatic nitrogens is 1. The largest absolute Gasteiger partial charge is 0.388 e. The van der Waals surface area contributed by atoms with Crippen LogP contribution in [0.1, 0.15) is 11.3 Å². The fourth-order valence-corrected chi connectivity index (χ4v) is 1.94. The van der Waals surface area contributed by atoms with E-state index in [0.717, 1.165) is 5.56 Å². The van der Waals surface area contributed by atoms with E-state index in [4.69, 9.17) is 18.0 Å². The SMILES string of the molecule is CN(Cc1ccnc(C(N)=S)c1)c1ccccc1F. The summed E-state index contributed by atoms with van der Waals surface area (Å²) in [5.41, 5.74) is 7.65. The van der Waals surface area contributed by atoms with Gasteiger partial charge in [0.1, 0.15) is 10.8 Å². The van der Waals surface area contributed by atoms with Gasteiger partial charge in [-0.05, 0) is 29.8 Å². The van der Waals surface area contributed by atoms with E-state index in [0.29, 0.717) is 17.9 Å². The smallest absolute Gasteiger partial charge is 0.146 e. The van der Waals surface area contributed by atoms with Crippen molar-refractivity contribution in [1.82, 2.24) is 4.98 Å². The zero-order valence-corrected chi connectivity index (χ0v) is 11.3. The second-order valence-corrected chi connectivity index (χ2v) is 4.66. The molecule has 0 unspecified atom stereocenters. The molecule has 0 spiro atoms. The molecule has 2 N–H and O–H groups in total. The van der Waals surface area contributed by atoms with Gasteiger partial charge in [-0.25, -0.2) is 4.39 Å². The lowest BCUT2D eigenvalue weighted by atomic mass is 10.2. The molecule has 0 aliphatic carbocycles. The van der Waals surface area contributed by atoms with Gasteiger partial charge in [-0.3, -0.25) is 4.98 Å². The summed E-state index contributed by atoms with van der Waals surface area (Å²) < 4.78 is 13.7. The lowest BCUT2D eigenvalue weighted by molar-refractivity contribution is 0.622. The maximum Gasteiger partial charge on any atom is 0.146 e. The van der Waals surface area contributed by atoms with E-state index < -0.39 is 0 Å². The first kappa shape index (κ1) is 13.4. The molecule has 3 nitrogen and oxygen atoms in total. The fraction of sp³-hybridized carbons (Fsp3) is 0.143. The number of halogens is 1. The topological polar surface area (TPSA) is 42.2 Å². The van der Waals surface area contributed by atoms with Gasteiger partial charge in [0.2, 0.25) is 0 Å². The maximum absolute atomic E-state index is 13.7. The van der Waals surface area contributed by atoms with Crippen molar-refractivity contribution < 1.29 is 4.39 Å². The predicted molar refractivity (Wildman–Crippen MR) is 78.6 cm³/mol. The van der Waals surface area contributed by atoms with Crippen molar-refractivity contribution >= 4 is 22.9 Å². The second kappa shape index (κ2) is 5.75. The molecule has 19 heavy (non-hydrogen) atoms. The van der Waals surface area contributed by atoms with Crippen LogP contribution in [0.4, 0.5) is 10.1 Å². The Bertz CT molecular complexity index is 601. The number of nitrogens with zero attached hydrogens (tertiary/aromatic N) is 2. The van der Waals surface area contributed by atoms with E-state index >= 15 is 0 Å². The molecule has 0 aliphatic heterocycles. The van der Waals surface area contributed by atoms with Gasteiger partial charge in [0.05, 0.1) is 11.4 Å². The first-order valence-electron chi connectivity index (χ1n) is 5.78. The Balaban J connectivity index is 2.19. The van der Waals surface area contributed by atoms with Crippen molar-refractivity contribution in [3.8, 4) is 0 Å². The number of hydrogen-bond acceptors (Lipinski definition) is 3. The minimum Gasteiger partial charge on any atom is -0.388 e. The molecule has 0 atom stereocenters. The maximum atomic E-state index is 13.7. The van der Waals surface area contributed by atoms with Crippen LogP contribution in [0, 0.1) is 5.82 Å². The molecule has 2 rings (SSSR count). The molecule has 1 heterocycles. The van der Waals surface area contributed by atoms with Gasteiger partial charge in [-0.1, -0.05) is 24.4 Å². The van der Waals surface area contributed by atoms with Gasteiger partial charge in [-0.2, -0.15) is 0 Å². The first-order valence-corrected chi connectivity index (χ1v) is 6.19. The van der Waals surface area contributed by atoms with Crippen molar-refractivity contribution in [3.05, 3.63) is 59.7 Å². The molecule has 2 aromatic rings. The molecular formula is C14H14FN3S. The standard InChI is InChI=1S/C14H14FN3S/c1-18(13-5-3-2-4-11(13)15)9-10-6-7-17-12(8-10)14(16)19/h2-8H,9H2,1H3,(H2,16,19). The molecule has 0 radical (unpaired) electrons. The van der Waals surface area contributed by atoms with Crippen LogP contribution >= 0.6 is 12.2 Å². The lowest BCUT2D eigenvalue weighted by Gasteiger charge is -2.20. The molecule has 0 amide bonds. The third-order valence-electron chi connectivity index (χ3n) is 2.76. The zero-order chi connectivity index (χ0) is 13.8. The van der Waals surface area contributed by atoms with Crippen LogP contribution in [-0.2, 0) is 6.54 Å². The molecule has 98 valence electrons. The summed E-state index contributed by atoms with van der Waals surface area (Å²) in [6.45, 7) is 0.555. The van der Waals surface area contributed by atoms with Gasteiger partial charge in [0.25, 0.3) is 0 Å². The molecule has 0 saturated heterocycles. The van der Waals surface area contributed by atoms with Crippen LogP contribution < -0.4 is 10.6 Å². The number of hydrogen-bond donors (Lipinski definition) is 1. The molecule has 0 saturated carbocycles. The molecular weight excluding hydrogens is 261 g/mol. The van der Waals surface area contributed by atoms with Crippen LogP contribution in [-0.4, -0.2) is 17.0 Å². The Hall–Kier alpha value is -2.01. The molecule has 1 aromatic heterocycles. The van der Waals surface area contributed by atoms with E-state index in [1.165, 1.54) is 6.07 Å². The number of anilines is 1. The molecule has 0 aliphatic rings. The summed E-state index contributed by atoms with van der Waals surface area (Å²) in [7, 11) is 1.83. The Morgan fingerprint density at radius 1 is 1.37 bits per heavy atom. The number of pyridine rings is 1. The first-order chi connectivity index (χ1) is 9.08. The lowest BCUT2D eigenvalue weighted by Crippen LogP contribution is -2.18. The number of thiocarbonyl (C=S) groups is 1. The third-order valence-corrected chi connectivity index (χ3v) is 2.97. The summed E-state index contributed by atoms with van der Waals surface area (Å²) in [6.07, 6.45) is 1.65. The van der Waals surface area contributed by atoms with E-state index in [1.54, 1.807) is 18.3 Å². The summed E-state index contributed by atoms with van der Waals surface area (Å²) in [4.78, 5) is 6.16.